The predicted octanol–water partition coefficient (Wildman–Crippen LogP) is 3.86. The number of amides is 1. The zero-order chi connectivity index (χ0) is 22.7. The van der Waals surface area contributed by atoms with Crippen molar-refractivity contribution in [3.05, 3.63) is 83.6 Å². The largest absolute Gasteiger partial charge is 0.379 e. The van der Waals surface area contributed by atoms with Crippen molar-refractivity contribution >= 4 is 23.1 Å². The Morgan fingerprint density at radius 1 is 1.06 bits per heavy atom. The van der Waals surface area contributed by atoms with Gasteiger partial charge in [0.1, 0.15) is 5.82 Å². The molecule has 0 atom stereocenters. The fourth-order valence-corrected chi connectivity index (χ4v) is 4.31. The minimum Gasteiger partial charge on any atom is -0.379 e. The molecule has 2 heterocycles. The van der Waals surface area contributed by atoms with E-state index in [0.29, 0.717) is 17.1 Å². The molecule has 1 aliphatic heterocycles. The first-order valence-corrected chi connectivity index (χ1v) is 11.4. The highest BCUT2D eigenvalue weighted by atomic mass is 16.5. The van der Waals surface area contributed by atoms with Gasteiger partial charge in [0.15, 0.2) is 0 Å². The molecule has 7 nitrogen and oxygen atoms in total. The maximum absolute atomic E-state index is 12.0. The van der Waals surface area contributed by atoms with E-state index in [0.717, 1.165) is 51.4 Å². The van der Waals surface area contributed by atoms with Gasteiger partial charge in [-0.05, 0) is 36.1 Å². The van der Waals surface area contributed by atoms with E-state index in [4.69, 9.17) is 10.5 Å². The Morgan fingerprint density at radius 2 is 1.79 bits per heavy atom. The molecule has 4 N–H and O–H groups in total. The maximum Gasteiger partial charge on any atom is 0.252 e. The number of hydrogen-bond acceptors (Lipinski definition) is 6. The molecule has 0 unspecified atom stereocenters. The minimum absolute atomic E-state index is 0.161. The van der Waals surface area contributed by atoms with Crippen LogP contribution in [0, 0.1) is 0 Å². The summed E-state index contributed by atoms with van der Waals surface area (Å²) in [7, 11) is 0. The monoisotopic (exact) mass is 443 g/mol. The molecule has 5 rings (SSSR count). The van der Waals surface area contributed by atoms with Crippen molar-refractivity contribution in [2.45, 2.75) is 24.9 Å². The summed E-state index contributed by atoms with van der Waals surface area (Å²) < 4.78 is 5.42. The van der Waals surface area contributed by atoms with Gasteiger partial charge in [-0.15, -0.1) is 0 Å². The molecule has 33 heavy (non-hydrogen) atoms. The number of rotatable bonds is 8. The average Bonchev–Trinajstić information content (AvgIpc) is 3.62. The van der Waals surface area contributed by atoms with E-state index in [1.54, 1.807) is 6.20 Å². The summed E-state index contributed by atoms with van der Waals surface area (Å²) in [5, 5.41) is 6.93. The van der Waals surface area contributed by atoms with Crippen LogP contribution in [0.25, 0.3) is 0 Å². The number of nitrogens with two attached hydrogens (primary N) is 1. The number of aromatic nitrogens is 1. The van der Waals surface area contributed by atoms with E-state index in [9.17, 15) is 4.79 Å². The second kappa shape index (κ2) is 9.21. The van der Waals surface area contributed by atoms with Crippen molar-refractivity contribution in [3.63, 3.8) is 0 Å². The van der Waals surface area contributed by atoms with Crippen LogP contribution in [0.3, 0.4) is 0 Å². The highest BCUT2D eigenvalue weighted by Gasteiger charge is 2.44. The van der Waals surface area contributed by atoms with Gasteiger partial charge in [-0.2, -0.15) is 0 Å². The molecule has 2 fully saturated rings. The molecule has 1 amide bonds. The van der Waals surface area contributed by atoms with Gasteiger partial charge in [0.25, 0.3) is 5.91 Å². The van der Waals surface area contributed by atoms with E-state index in [2.05, 4.69) is 56.9 Å². The van der Waals surface area contributed by atoms with Gasteiger partial charge < -0.3 is 21.1 Å². The summed E-state index contributed by atoms with van der Waals surface area (Å²) in [5.41, 5.74) is 9.98. The molecule has 2 aromatic carbocycles. The zero-order valence-corrected chi connectivity index (χ0v) is 18.6. The van der Waals surface area contributed by atoms with E-state index < -0.39 is 5.91 Å². The Labute approximate surface area is 194 Å². The standard InChI is InChI=1S/C26H29N5O2/c27-25(32)22-17-28-24(16-23(22)30-26(10-11-26)20-4-2-1-3-5-20)29-21-8-6-19(7-9-21)18-31-12-14-33-15-13-31/h1-9,16-17H,10-15,18H2,(H2,27,32)(H2,28,29,30). The van der Waals surface area contributed by atoms with Crippen molar-refractivity contribution < 1.29 is 9.53 Å². The smallest absolute Gasteiger partial charge is 0.252 e. The third kappa shape index (κ3) is 4.99. The number of benzene rings is 2. The summed E-state index contributed by atoms with van der Waals surface area (Å²) in [4.78, 5) is 18.9. The number of anilines is 3. The SMILES string of the molecule is NC(=O)c1cnc(Nc2ccc(CN3CCOCC3)cc2)cc1NC1(c2ccccc2)CC1. The number of primary amides is 1. The first-order chi connectivity index (χ1) is 16.1. The summed E-state index contributed by atoms with van der Waals surface area (Å²) >= 11 is 0. The number of nitrogens with one attached hydrogen (secondary N) is 2. The number of morpholine rings is 1. The number of carbonyl (C=O) groups is 1. The lowest BCUT2D eigenvalue weighted by molar-refractivity contribution is 0.0342. The molecule has 7 heteroatoms. The van der Waals surface area contributed by atoms with E-state index >= 15 is 0 Å². The van der Waals surface area contributed by atoms with Crippen molar-refractivity contribution in [2.75, 3.05) is 36.9 Å². The van der Waals surface area contributed by atoms with Crippen LogP contribution >= 0.6 is 0 Å². The zero-order valence-electron chi connectivity index (χ0n) is 18.6. The maximum atomic E-state index is 12.0. The van der Waals surface area contributed by atoms with Crippen LogP contribution in [0.5, 0.6) is 0 Å². The first kappa shape index (κ1) is 21.4. The van der Waals surface area contributed by atoms with Crippen molar-refractivity contribution in [3.8, 4) is 0 Å². The fourth-order valence-electron chi connectivity index (χ4n) is 4.31. The molecular formula is C26H29N5O2. The summed E-state index contributed by atoms with van der Waals surface area (Å²) in [6.45, 7) is 4.46. The Hall–Kier alpha value is -3.42. The highest BCUT2D eigenvalue weighted by molar-refractivity contribution is 5.99. The van der Waals surface area contributed by atoms with Gasteiger partial charge in [-0.1, -0.05) is 42.5 Å². The van der Waals surface area contributed by atoms with Crippen LogP contribution in [0.1, 0.15) is 34.3 Å². The molecule has 1 aromatic heterocycles. The molecule has 3 aromatic rings. The van der Waals surface area contributed by atoms with Crippen LogP contribution in [0.4, 0.5) is 17.2 Å². The number of carbonyl (C=O) groups excluding carboxylic acids is 1. The third-order valence-electron chi connectivity index (χ3n) is 6.36. The normalized spacial score (nSPS) is 17.3. The Kier molecular flexibility index (Phi) is 5.98. The lowest BCUT2D eigenvalue weighted by Gasteiger charge is -2.26. The predicted molar refractivity (Wildman–Crippen MR) is 130 cm³/mol. The molecule has 1 aliphatic carbocycles. The summed E-state index contributed by atoms with van der Waals surface area (Å²) in [6, 6.07) is 20.5. The van der Waals surface area contributed by atoms with Crippen LogP contribution in [-0.2, 0) is 16.8 Å². The highest BCUT2D eigenvalue weighted by Crippen LogP contribution is 2.48. The van der Waals surface area contributed by atoms with Crippen LogP contribution in [0.15, 0.2) is 66.9 Å². The van der Waals surface area contributed by atoms with Crippen LogP contribution < -0.4 is 16.4 Å². The number of hydrogen-bond donors (Lipinski definition) is 3. The first-order valence-electron chi connectivity index (χ1n) is 11.4. The van der Waals surface area contributed by atoms with Gasteiger partial charge in [0.05, 0.1) is 30.0 Å². The molecule has 170 valence electrons. The Bertz CT molecular complexity index is 1110. The van der Waals surface area contributed by atoms with Crippen molar-refractivity contribution in [1.29, 1.82) is 0 Å². The topological polar surface area (TPSA) is 92.5 Å². The van der Waals surface area contributed by atoms with Crippen LogP contribution in [0.2, 0.25) is 0 Å². The molecular weight excluding hydrogens is 414 g/mol. The number of nitrogens with zero attached hydrogens (tertiary/aromatic N) is 2. The Morgan fingerprint density at radius 3 is 2.45 bits per heavy atom. The summed E-state index contributed by atoms with van der Waals surface area (Å²) in [6.07, 6.45) is 3.55. The second-order valence-corrected chi connectivity index (χ2v) is 8.76. The molecule has 0 bridgehead atoms. The third-order valence-corrected chi connectivity index (χ3v) is 6.36. The lowest BCUT2D eigenvalue weighted by atomic mass is 10.0. The van der Waals surface area contributed by atoms with Crippen molar-refractivity contribution in [2.24, 2.45) is 5.73 Å². The molecule has 1 saturated heterocycles. The molecule has 1 saturated carbocycles. The molecule has 0 spiro atoms. The van der Waals surface area contributed by atoms with Crippen molar-refractivity contribution in [1.82, 2.24) is 9.88 Å². The quantitative estimate of drug-likeness (QED) is 0.490. The van der Waals surface area contributed by atoms with Gasteiger partial charge in [0.2, 0.25) is 0 Å². The van der Waals surface area contributed by atoms with E-state index in [1.165, 1.54) is 11.1 Å². The number of ether oxygens (including phenoxy) is 1. The second-order valence-electron chi connectivity index (χ2n) is 8.76. The summed E-state index contributed by atoms with van der Waals surface area (Å²) in [5.74, 6) is 0.167. The average molecular weight is 444 g/mol. The van der Waals surface area contributed by atoms with E-state index in [-0.39, 0.29) is 5.54 Å². The number of pyridine rings is 1. The van der Waals surface area contributed by atoms with Crippen LogP contribution in [-0.4, -0.2) is 42.1 Å². The van der Waals surface area contributed by atoms with Gasteiger partial charge in [0, 0.05) is 37.6 Å². The minimum atomic E-state index is -0.493. The van der Waals surface area contributed by atoms with E-state index in [1.807, 2.05) is 24.3 Å². The Balaban J connectivity index is 1.31. The molecule has 2 aliphatic rings. The van der Waals surface area contributed by atoms with Gasteiger partial charge >= 0.3 is 0 Å². The molecule has 0 radical (unpaired) electrons. The van der Waals surface area contributed by atoms with Gasteiger partial charge in [-0.3, -0.25) is 9.69 Å². The van der Waals surface area contributed by atoms with Gasteiger partial charge in [-0.25, -0.2) is 4.98 Å². The lowest BCUT2D eigenvalue weighted by Crippen LogP contribution is -2.35. The fraction of sp³-hybridized carbons (Fsp3) is 0.308.